The van der Waals surface area contributed by atoms with Crippen LogP contribution in [0.15, 0.2) is 53.6 Å². The van der Waals surface area contributed by atoms with E-state index in [-0.39, 0.29) is 16.4 Å². The van der Waals surface area contributed by atoms with Crippen molar-refractivity contribution in [1.29, 1.82) is 0 Å². The molecule has 0 heterocycles. The third-order valence-corrected chi connectivity index (χ3v) is 2.91. The highest BCUT2D eigenvalue weighted by Crippen LogP contribution is 2.29. The van der Waals surface area contributed by atoms with Gasteiger partial charge in [-0.3, -0.25) is 5.43 Å². The van der Waals surface area contributed by atoms with Crippen LogP contribution < -0.4 is 10.7 Å². The largest absolute Gasteiger partial charge is 0.416 e. The van der Waals surface area contributed by atoms with Crippen LogP contribution in [0.25, 0.3) is 0 Å². The smallest absolute Gasteiger partial charge is 0.329 e. The van der Waals surface area contributed by atoms with Crippen molar-refractivity contribution in [3.8, 4) is 0 Å². The fourth-order valence-electron chi connectivity index (χ4n) is 1.67. The summed E-state index contributed by atoms with van der Waals surface area (Å²) < 4.78 is 51.1. The van der Waals surface area contributed by atoms with E-state index in [1.165, 1.54) is 36.5 Å². The van der Waals surface area contributed by atoms with Gasteiger partial charge in [-0.05, 0) is 42.0 Å². The van der Waals surface area contributed by atoms with Gasteiger partial charge in [-0.1, -0.05) is 24.3 Å². The van der Waals surface area contributed by atoms with Crippen LogP contribution in [0.3, 0.4) is 0 Å². The Morgan fingerprint density at radius 3 is 2.52 bits per heavy atom. The molecule has 2 N–H and O–H groups in total. The molecular formula is C15H11F4N3S. The van der Waals surface area contributed by atoms with E-state index >= 15 is 0 Å². The number of hydrogen-bond acceptors (Lipinski definition) is 2. The number of alkyl halides is 3. The summed E-state index contributed by atoms with van der Waals surface area (Å²) in [5.74, 6) is -0.487. The van der Waals surface area contributed by atoms with Crippen LogP contribution in [0.5, 0.6) is 0 Å². The summed E-state index contributed by atoms with van der Waals surface area (Å²) in [6.45, 7) is 0. The number of nitrogens with one attached hydrogen (secondary N) is 2. The average Bonchev–Trinajstić information content (AvgIpc) is 2.49. The van der Waals surface area contributed by atoms with Crippen LogP contribution in [-0.4, -0.2) is 11.3 Å². The molecule has 2 rings (SSSR count). The molecule has 2 aromatic carbocycles. The predicted octanol–water partition coefficient (Wildman–Crippen LogP) is 4.17. The molecule has 0 unspecified atom stereocenters. The van der Waals surface area contributed by atoms with Gasteiger partial charge in [-0.25, -0.2) is 4.39 Å². The van der Waals surface area contributed by atoms with E-state index in [2.05, 4.69) is 15.8 Å². The van der Waals surface area contributed by atoms with Crippen molar-refractivity contribution < 1.29 is 17.6 Å². The molecule has 0 radical (unpaired) electrons. The first kappa shape index (κ1) is 16.9. The van der Waals surface area contributed by atoms with Crippen molar-refractivity contribution in [3.63, 3.8) is 0 Å². The summed E-state index contributed by atoms with van der Waals surface area (Å²) in [6, 6.07) is 10.6. The summed E-state index contributed by atoms with van der Waals surface area (Å²) in [5, 5.41) is 6.32. The number of nitrogens with zero attached hydrogens (tertiary/aromatic N) is 1. The molecule has 0 aliphatic carbocycles. The van der Waals surface area contributed by atoms with E-state index < -0.39 is 17.6 Å². The quantitative estimate of drug-likeness (QED) is 0.381. The van der Waals surface area contributed by atoms with Gasteiger partial charge in [-0.15, -0.1) is 0 Å². The summed E-state index contributed by atoms with van der Waals surface area (Å²) >= 11 is 4.91. The minimum absolute atomic E-state index is 0.0123. The Morgan fingerprint density at radius 2 is 1.83 bits per heavy atom. The van der Waals surface area contributed by atoms with Crippen molar-refractivity contribution in [2.75, 3.05) is 5.32 Å². The number of para-hydroxylation sites is 1. The minimum Gasteiger partial charge on any atom is -0.329 e. The predicted molar refractivity (Wildman–Crippen MR) is 84.8 cm³/mol. The third-order valence-electron chi connectivity index (χ3n) is 2.72. The van der Waals surface area contributed by atoms with Gasteiger partial charge < -0.3 is 5.32 Å². The fraction of sp³-hybridized carbons (Fsp3) is 0.0667. The zero-order valence-corrected chi connectivity index (χ0v) is 12.4. The molecule has 120 valence electrons. The molecule has 8 heteroatoms. The number of thiocarbonyl (C=S) groups is 1. The summed E-state index contributed by atoms with van der Waals surface area (Å²) in [4.78, 5) is 0. The van der Waals surface area contributed by atoms with E-state index in [9.17, 15) is 17.6 Å². The molecule has 0 aromatic heterocycles. The van der Waals surface area contributed by atoms with E-state index in [0.717, 1.165) is 12.1 Å². The second-order valence-electron chi connectivity index (χ2n) is 4.43. The minimum atomic E-state index is -4.42. The molecule has 0 saturated heterocycles. The zero-order chi connectivity index (χ0) is 16.9. The van der Waals surface area contributed by atoms with Crippen molar-refractivity contribution in [3.05, 3.63) is 65.5 Å². The molecule has 0 aliphatic rings. The first-order valence-electron chi connectivity index (χ1n) is 6.38. The molecule has 0 spiro atoms. The summed E-state index contributed by atoms with van der Waals surface area (Å²) in [7, 11) is 0. The Hall–Kier alpha value is -2.48. The molecule has 0 bridgehead atoms. The highest BCUT2D eigenvalue weighted by Gasteiger charge is 2.30. The number of anilines is 1. The van der Waals surface area contributed by atoms with Crippen molar-refractivity contribution >= 4 is 29.2 Å². The van der Waals surface area contributed by atoms with Gasteiger partial charge in [-0.2, -0.15) is 18.3 Å². The van der Waals surface area contributed by atoms with Gasteiger partial charge in [0.15, 0.2) is 5.11 Å². The molecule has 0 aliphatic heterocycles. The Labute approximate surface area is 135 Å². The highest BCUT2D eigenvalue weighted by molar-refractivity contribution is 7.80. The average molecular weight is 341 g/mol. The van der Waals surface area contributed by atoms with E-state index in [1.807, 2.05) is 0 Å². The van der Waals surface area contributed by atoms with Crippen molar-refractivity contribution in [2.45, 2.75) is 6.18 Å². The maximum absolute atomic E-state index is 13.4. The van der Waals surface area contributed by atoms with Gasteiger partial charge in [0.2, 0.25) is 0 Å². The first-order valence-corrected chi connectivity index (χ1v) is 6.79. The monoisotopic (exact) mass is 341 g/mol. The van der Waals surface area contributed by atoms with Crippen LogP contribution in [-0.2, 0) is 6.18 Å². The number of benzene rings is 2. The first-order chi connectivity index (χ1) is 10.9. The lowest BCUT2D eigenvalue weighted by atomic mass is 10.1. The van der Waals surface area contributed by atoms with Crippen LogP contribution in [0, 0.1) is 5.82 Å². The van der Waals surface area contributed by atoms with E-state index in [0.29, 0.717) is 0 Å². The van der Waals surface area contributed by atoms with Crippen LogP contribution >= 0.6 is 12.2 Å². The Balaban J connectivity index is 1.97. The standard InChI is InChI=1S/C15H11F4N3S/c16-12-6-1-2-7-13(12)21-14(23)22-20-9-10-4-3-5-11(8-10)15(17,18)19/h1-9H,(H2,21,22,23)/b20-9+. The molecule has 2 aromatic rings. The van der Waals surface area contributed by atoms with Crippen LogP contribution in [0.4, 0.5) is 23.2 Å². The van der Waals surface area contributed by atoms with Crippen LogP contribution in [0.2, 0.25) is 0 Å². The Morgan fingerprint density at radius 1 is 1.09 bits per heavy atom. The van der Waals surface area contributed by atoms with Gasteiger partial charge in [0, 0.05) is 0 Å². The highest BCUT2D eigenvalue weighted by atomic mass is 32.1. The second-order valence-corrected chi connectivity index (χ2v) is 4.84. The summed E-state index contributed by atoms with van der Waals surface area (Å²) in [6.07, 6.45) is -3.23. The maximum Gasteiger partial charge on any atom is 0.416 e. The number of halogens is 4. The zero-order valence-electron chi connectivity index (χ0n) is 11.6. The van der Waals surface area contributed by atoms with Crippen molar-refractivity contribution in [2.24, 2.45) is 5.10 Å². The molecule has 0 atom stereocenters. The summed E-state index contributed by atoms with van der Waals surface area (Å²) in [5.41, 5.74) is 2.05. The maximum atomic E-state index is 13.4. The Kier molecular flexibility index (Phi) is 5.28. The Bertz CT molecular complexity index is 729. The van der Waals surface area contributed by atoms with Gasteiger partial charge >= 0.3 is 6.18 Å². The second kappa shape index (κ2) is 7.19. The number of rotatable bonds is 3. The SMILES string of the molecule is Fc1ccccc1NC(=S)N/N=C/c1cccc(C(F)(F)F)c1. The number of hydrogen-bond donors (Lipinski definition) is 2. The van der Waals surface area contributed by atoms with Gasteiger partial charge in [0.05, 0.1) is 17.5 Å². The van der Waals surface area contributed by atoms with Crippen LogP contribution in [0.1, 0.15) is 11.1 Å². The lowest BCUT2D eigenvalue weighted by Gasteiger charge is -2.08. The van der Waals surface area contributed by atoms with E-state index in [1.54, 1.807) is 6.07 Å². The fourth-order valence-corrected chi connectivity index (χ4v) is 1.84. The van der Waals surface area contributed by atoms with Crippen molar-refractivity contribution in [1.82, 2.24) is 5.43 Å². The molecule has 3 nitrogen and oxygen atoms in total. The molecule has 0 saturated carbocycles. The molecule has 23 heavy (non-hydrogen) atoms. The lowest BCUT2D eigenvalue weighted by molar-refractivity contribution is -0.137. The normalized spacial score (nSPS) is 11.5. The molecular weight excluding hydrogens is 330 g/mol. The van der Waals surface area contributed by atoms with E-state index in [4.69, 9.17) is 12.2 Å². The lowest BCUT2D eigenvalue weighted by Crippen LogP contribution is -2.24. The number of hydrazone groups is 1. The van der Waals surface area contributed by atoms with Gasteiger partial charge in [0.25, 0.3) is 0 Å². The molecule has 0 amide bonds. The molecule has 0 fully saturated rings. The van der Waals surface area contributed by atoms with Gasteiger partial charge in [0.1, 0.15) is 5.82 Å². The third kappa shape index (κ3) is 5.03. The topological polar surface area (TPSA) is 36.4 Å².